The van der Waals surface area contributed by atoms with Crippen molar-refractivity contribution in [3.05, 3.63) is 42.5 Å². The molecule has 2 saturated carbocycles. The SMILES string of the molecule is CC(C)Oc1cc2ccccc2c(O[C@@H]2C[C@H]3C(=O)C[C@]4(C(=O)NS(=O)(=O)C5(C)CC5)C[C@H]4/C=C\CC[C@H](C)C[C@@H](C)[C@H](CC(=O)OC(C)(C)C(C)(F)F)C(=O)N3C2)n1. The Bertz CT molecular complexity index is 2100. The second-order valence-electron chi connectivity index (χ2n) is 18.6. The fraction of sp³-hybridized carbons (Fsp3) is 0.659. The van der Waals surface area contributed by atoms with Crippen LogP contribution >= 0.6 is 0 Å². The van der Waals surface area contributed by atoms with E-state index in [2.05, 4.69) is 9.71 Å². The van der Waals surface area contributed by atoms with E-state index >= 15 is 0 Å². The number of pyridine rings is 1. The maximum absolute atomic E-state index is 15.0. The first kappa shape index (κ1) is 44.4. The van der Waals surface area contributed by atoms with E-state index in [1.807, 2.05) is 64.1 Å². The predicted molar refractivity (Wildman–Crippen MR) is 217 cm³/mol. The highest BCUT2D eigenvalue weighted by atomic mass is 32.2. The van der Waals surface area contributed by atoms with E-state index in [0.717, 1.165) is 19.2 Å². The predicted octanol–water partition coefficient (Wildman–Crippen LogP) is 7.33. The smallest absolute Gasteiger partial charge is 0.307 e. The molecule has 0 spiro atoms. The minimum atomic E-state index is -4.01. The summed E-state index contributed by atoms with van der Waals surface area (Å²) in [5, 5.41) is 1.48. The second-order valence-corrected chi connectivity index (χ2v) is 20.8. The van der Waals surface area contributed by atoms with Gasteiger partial charge in [0.25, 0.3) is 5.92 Å². The van der Waals surface area contributed by atoms with E-state index < -0.39 is 91.6 Å². The van der Waals surface area contributed by atoms with Gasteiger partial charge in [-0.3, -0.25) is 23.9 Å². The van der Waals surface area contributed by atoms with Gasteiger partial charge in [-0.1, -0.05) is 44.2 Å². The number of ketones is 1. The van der Waals surface area contributed by atoms with E-state index in [9.17, 15) is 36.4 Å². The molecule has 2 aliphatic carbocycles. The Labute approximate surface area is 346 Å². The van der Waals surface area contributed by atoms with Crippen LogP contribution in [0, 0.1) is 29.1 Å². The lowest BCUT2D eigenvalue weighted by atomic mass is 9.82. The van der Waals surface area contributed by atoms with Crippen LogP contribution in [0.25, 0.3) is 10.8 Å². The summed E-state index contributed by atoms with van der Waals surface area (Å²) in [6.07, 6.45) is 5.03. The number of ether oxygens (including phenoxy) is 3. The lowest BCUT2D eigenvalue weighted by Gasteiger charge is -2.34. The van der Waals surface area contributed by atoms with Crippen molar-refractivity contribution in [2.45, 2.75) is 148 Å². The van der Waals surface area contributed by atoms with Crippen molar-refractivity contribution in [3.63, 3.8) is 0 Å². The molecule has 2 aliphatic heterocycles. The van der Waals surface area contributed by atoms with Crippen LogP contribution in [0.4, 0.5) is 8.78 Å². The largest absolute Gasteiger partial charge is 0.475 e. The average Bonchev–Trinajstić information content (AvgIpc) is 4.01. The van der Waals surface area contributed by atoms with Crippen molar-refractivity contribution < 1.29 is 50.6 Å². The van der Waals surface area contributed by atoms with Crippen LogP contribution in [0.5, 0.6) is 11.8 Å². The van der Waals surface area contributed by atoms with Crippen molar-refractivity contribution >= 4 is 44.4 Å². The number of benzene rings is 1. The van der Waals surface area contributed by atoms with E-state index in [4.69, 9.17) is 14.2 Å². The fourth-order valence-corrected chi connectivity index (χ4v) is 9.71. The molecular weight excluding hydrogens is 785 g/mol. The normalized spacial score (nSPS) is 29.4. The van der Waals surface area contributed by atoms with Gasteiger partial charge < -0.3 is 19.1 Å². The summed E-state index contributed by atoms with van der Waals surface area (Å²) in [6.45, 7) is 12.0. The molecule has 1 saturated heterocycles. The zero-order valence-electron chi connectivity index (χ0n) is 35.4. The molecule has 15 heteroatoms. The Balaban J connectivity index is 1.37. The van der Waals surface area contributed by atoms with Gasteiger partial charge in [-0.15, -0.1) is 0 Å². The third-order valence-electron chi connectivity index (χ3n) is 12.9. The van der Waals surface area contributed by atoms with Crippen LogP contribution < -0.4 is 14.2 Å². The number of rotatable bonds is 11. The molecule has 324 valence electrons. The van der Waals surface area contributed by atoms with E-state index in [1.165, 1.54) is 4.90 Å². The molecule has 1 aromatic carbocycles. The zero-order valence-corrected chi connectivity index (χ0v) is 36.2. The third-order valence-corrected chi connectivity index (χ3v) is 15.1. The minimum absolute atomic E-state index is 0.0153. The fourth-order valence-electron chi connectivity index (χ4n) is 8.37. The second kappa shape index (κ2) is 16.4. The van der Waals surface area contributed by atoms with Gasteiger partial charge in [-0.05, 0) is 102 Å². The summed E-state index contributed by atoms with van der Waals surface area (Å²) in [5.74, 6) is -7.29. The number of alkyl halides is 2. The Kier molecular flexibility index (Phi) is 12.3. The Morgan fingerprint density at radius 1 is 1.08 bits per heavy atom. The van der Waals surface area contributed by atoms with E-state index in [-0.39, 0.29) is 43.7 Å². The van der Waals surface area contributed by atoms with Crippen molar-refractivity contribution in [2.75, 3.05) is 6.54 Å². The van der Waals surface area contributed by atoms with Gasteiger partial charge in [-0.2, -0.15) is 4.98 Å². The van der Waals surface area contributed by atoms with E-state index in [1.54, 1.807) is 13.0 Å². The van der Waals surface area contributed by atoms with Gasteiger partial charge in [0.2, 0.25) is 33.6 Å². The van der Waals surface area contributed by atoms with Crippen molar-refractivity contribution in [2.24, 2.45) is 29.1 Å². The molecule has 4 aliphatic rings. The van der Waals surface area contributed by atoms with Crippen LogP contribution in [-0.2, 0) is 33.9 Å². The monoisotopic (exact) mass is 843 g/mol. The molecule has 0 bridgehead atoms. The topological polar surface area (TPSA) is 158 Å². The number of carbonyl (C=O) groups is 4. The molecule has 6 rings (SSSR count). The molecule has 7 atom stereocenters. The van der Waals surface area contributed by atoms with Gasteiger partial charge in [0, 0.05) is 31.2 Å². The number of hydrogen-bond donors (Lipinski definition) is 1. The highest BCUT2D eigenvalue weighted by molar-refractivity contribution is 7.91. The maximum atomic E-state index is 15.0. The summed E-state index contributed by atoms with van der Waals surface area (Å²) < 4.78 is 74.5. The van der Waals surface area contributed by atoms with Crippen LogP contribution in [0.3, 0.4) is 0 Å². The molecule has 3 fully saturated rings. The maximum Gasteiger partial charge on any atom is 0.307 e. The number of fused-ring (bicyclic) bond motifs is 3. The summed E-state index contributed by atoms with van der Waals surface area (Å²) in [5.41, 5.74) is -3.50. The van der Waals surface area contributed by atoms with Gasteiger partial charge in [0.05, 0.1) is 41.2 Å². The Hall–Kier alpha value is -4.14. The van der Waals surface area contributed by atoms with Crippen LogP contribution in [0.2, 0.25) is 0 Å². The van der Waals surface area contributed by atoms with Gasteiger partial charge in [-0.25, -0.2) is 17.2 Å². The summed E-state index contributed by atoms with van der Waals surface area (Å²) >= 11 is 0. The number of Topliss-reactive ketones (excluding diaryl/α,β-unsaturated/α-hetero) is 1. The Morgan fingerprint density at radius 3 is 2.44 bits per heavy atom. The first-order valence-corrected chi connectivity index (χ1v) is 22.3. The lowest BCUT2D eigenvalue weighted by molar-refractivity contribution is -0.197. The number of carbonyl (C=O) groups excluding carboxylic acids is 4. The van der Waals surface area contributed by atoms with Gasteiger partial charge >= 0.3 is 5.97 Å². The van der Waals surface area contributed by atoms with Crippen LogP contribution in [-0.4, -0.2) is 82.9 Å². The lowest BCUT2D eigenvalue weighted by Crippen LogP contribution is -2.49. The number of nitrogens with zero attached hydrogens (tertiary/aromatic N) is 2. The third kappa shape index (κ3) is 9.60. The molecule has 2 aromatic rings. The molecule has 2 amide bonds. The number of aromatic nitrogens is 1. The zero-order chi connectivity index (χ0) is 43.3. The number of hydrogen-bond acceptors (Lipinski definition) is 10. The summed E-state index contributed by atoms with van der Waals surface area (Å²) in [7, 11) is -4.01. The number of halogens is 2. The first-order valence-electron chi connectivity index (χ1n) is 20.8. The van der Waals surface area contributed by atoms with E-state index in [0.29, 0.717) is 50.3 Å². The molecule has 3 heterocycles. The minimum Gasteiger partial charge on any atom is -0.475 e. The molecular formula is C44H59F2N3O9S. The molecule has 0 unspecified atom stereocenters. The highest BCUT2D eigenvalue weighted by Crippen LogP contribution is 2.58. The number of nitrogens with one attached hydrogen (secondary N) is 1. The quantitative estimate of drug-likeness (QED) is 0.179. The van der Waals surface area contributed by atoms with Crippen molar-refractivity contribution in [3.8, 4) is 11.8 Å². The summed E-state index contributed by atoms with van der Waals surface area (Å²) in [6, 6.07) is 8.11. The van der Waals surface area contributed by atoms with Crippen LogP contribution in [0.1, 0.15) is 113 Å². The van der Waals surface area contributed by atoms with Crippen molar-refractivity contribution in [1.82, 2.24) is 14.6 Å². The number of amides is 2. The van der Waals surface area contributed by atoms with Crippen molar-refractivity contribution in [1.29, 1.82) is 0 Å². The first-order chi connectivity index (χ1) is 27.4. The number of sulfonamides is 1. The number of allylic oxidation sites excluding steroid dienone is 2. The molecule has 12 nitrogen and oxygen atoms in total. The molecule has 0 radical (unpaired) electrons. The Morgan fingerprint density at radius 2 is 1.78 bits per heavy atom. The highest BCUT2D eigenvalue weighted by Gasteiger charge is 2.63. The number of esters is 1. The summed E-state index contributed by atoms with van der Waals surface area (Å²) in [4.78, 5) is 63.3. The molecule has 59 heavy (non-hydrogen) atoms. The van der Waals surface area contributed by atoms with Gasteiger partial charge in [0.15, 0.2) is 11.4 Å². The average molecular weight is 844 g/mol. The van der Waals surface area contributed by atoms with Gasteiger partial charge in [0.1, 0.15) is 6.10 Å². The standard InChI is InChI=1S/C44H59F2N3O9S/c1-26(2)56-36-20-29-14-10-12-16-32(29)38(47-36)57-31-21-34-35(50)24-44(40(53)48-59(54,55)42(7)17-18-42)23-30(44)15-11-9-13-27(3)19-28(4)33(39(52)49(34)25-31)22-37(51)58-41(5,6)43(8,45)46/h10-12,14-16,20,26-28,30-31,33-34H,9,13,17-19,21-25H2,1-8H3,(H,48,53)/b15-11-/t27-,28+,30+,31+,33-,34-,44+/m0/s1. The molecule has 1 N–H and O–H groups in total. The van der Waals surface area contributed by atoms with Crippen LogP contribution in [0.15, 0.2) is 42.5 Å². The molecule has 1 aromatic heterocycles.